The number of phenolic OH excluding ortho intramolecular Hbond substituents is 1. The van der Waals surface area contributed by atoms with Crippen LogP contribution in [0.5, 0.6) is 5.75 Å². The molecule has 1 fully saturated rings. The lowest BCUT2D eigenvalue weighted by molar-refractivity contribution is -0.115. The number of amides is 2. The summed E-state index contributed by atoms with van der Waals surface area (Å²) in [6.45, 7) is 0. The Morgan fingerprint density at radius 3 is 2.69 bits per heavy atom. The van der Waals surface area contributed by atoms with Crippen LogP contribution in [0.3, 0.4) is 0 Å². The van der Waals surface area contributed by atoms with E-state index in [4.69, 9.17) is 4.42 Å². The van der Waals surface area contributed by atoms with Gasteiger partial charge in [-0.3, -0.25) is 19.9 Å². The fraction of sp³-hybridized carbons (Fsp3) is 0. The highest BCUT2D eigenvalue weighted by molar-refractivity contribution is 8.18. The van der Waals surface area contributed by atoms with E-state index in [9.17, 15) is 14.7 Å². The Morgan fingerprint density at radius 2 is 1.96 bits per heavy atom. The predicted molar refractivity (Wildman–Crippen MR) is 97.2 cm³/mol. The number of hydrogen-bond acceptors (Lipinski definition) is 6. The average molecular weight is 362 g/mol. The van der Waals surface area contributed by atoms with Crippen molar-refractivity contribution in [1.82, 2.24) is 10.3 Å². The third-order valence-corrected chi connectivity index (χ3v) is 4.38. The van der Waals surface area contributed by atoms with Crippen LogP contribution in [0.1, 0.15) is 16.9 Å². The van der Waals surface area contributed by atoms with Crippen LogP contribution in [0.4, 0.5) is 4.79 Å². The van der Waals surface area contributed by atoms with E-state index < -0.39 is 11.1 Å². The van der Waals surface area contributed by atoms with Gasteiger partial charge >= 0.3 is 0 Å². The maximum atomic E-state index is 11.6. The third-order valence-electron chi connectivity index (χ3n) is 3.57. The lowest BCUT2D eigenvalue weighted by Gasteiger charge is -1.93. The summed E-state index contributed by atoms with van der Waals surface area (Å²) in [6.07, 6.45) is 4.75. The molecule has 2 N–H and O–H groups in total. The summed E-state index contributed by atoms with van der Waals surface area (Å²) in [5.74, 6) is 6.16. The predicted octanol–water partition coefficient (Wildman–Crippen LogP) is 3.26. The van der Waals surface area contributed by atoms with Gasteiger partial charge < -0.3 is 9.52 Å². The lowest BCUT2D eigenvalue weighted by Crippen LogP contribution is -2.17. The average Bonchev–Trinajstić information content (AvgIpc) is 3.17. The fourth-order valence-corrected chi connectivity index (χ4v) is 3.04. The van der Waals surface area contributed by atoms with Crippen LogP contribution in [0.25, 0.3) is 17.0 Å². The van der Waals surface area contributed by atoms with Crippen LogP contribution >= 0.6 is 11.8 Å². The minimum atomic E-state index is -0.439. The van der Waals surface area contributed by atoms with E-state index in [-0.39, 0.29) is 10.7 Å². The summed E-state index contributed by atoms with van der Waals surface area (Å²) in [7, 11) is 0. The molecular weight excluding hydrogens is 352 g/mol. The molecule has 3 aromatic rings. The van der Waals surface area contributed by atoms with Gasteiger partial charge in [0.15, 0.2) is 5.58 Å². The minimum absolute atomic E-state index is 0.176. The molecule has 1 aliphatic rings. The molecule has 2 aromatic heterocycles. The zero-order valence-corrected chi connectivity index (χ0v) is 14.0. The van der Waals surface area contributed by atoms with Gasteiger partial charge in [-0.2, -0.15) is 0 Å². The molecule has 1 aliphatic heterocycles. The first-order chi connectivity index (χ1) is 12.6. The van der Waals surface area contributed by atoms with Gasteiger partial charge in [-0.1, -0.05) is 11.8 Å². The van der Waals surface area contributed by atoms with Crippen molar-refractivity contribution in [2.45, 2.75) is 0 Å². The van der Waals surface area contributed by atoms with E-state index in [1.165, 1.54) is 6.08 Å². The summed E-state index contributed by atoms with van der Waals surface area (Å²) in [5, 5.41) is 11.8. The molecule has 2 amide bonds. The lowest BCUT2D eigenvalue weighted by atomic mass is 10.2. The quantitative estimate of drug-likeness (QED) is 0.510. The molecule has 1 aromatic carbocycles. The van der Waals surface area contributed by atoms with Crippen LogP contribution in [-0.4, -0.2) is 21.2 Å². The topological polar surface area (TPSA) is 92.4 Å². The van der Waals surface area contributed by atoms with E-state index in [0.717, 1.165) is 22.7 Å². The van der Waals surface area contributed by atoms with Gasteiger partial charge in [0.05, 0.1) is 10.5 Å². The van der Waals surface area contributed by atoms with Crippen molar-refractivity contribution in [1.29, 1.82) is 0 Å². The zero-order valence-electron chi connectivity index (χ0n) is 13.1. The number of hydrogen-bond donors (Lipinski definition) is 2. The Labute approximate surface area is 151 Å². The molecule has 0 bridgehead atoms. The second-order valence-corrected chi connectivity index (χ2v) is 6.42. The molecule has 1 saturated heterocycles. The molecule has 0 unspecified atom stereocenters. The van der Waals surface area contributed by atoms with E-state index in [2.05, 4.69) is 22.1 Å². The smallest absolute Gasteiger partial charge is 0.290 e. The van der Waals surface area contributed by atoms with Crippen molar-refractivity contribution in [2.75, 3.05) is 0 Å². The second-order valence-electron chi connectivity index (χ2n) is 5.40. The van der Waals surface area contributed by atoms with E-state index in [1.54, 1.807) is 42.7 Å². The molecule has 0 saturated carbocycles. The highest BCUT2D eigenvalue weighted by atomic mass is 32.2. The molecular formula is C19H10N2O4S. The van der Waals surface area contributed by atoms with Crippen LogP contribution in [0.15, 0.2) is 52.0 Å². The SMILES string of the molecule is O=C1NC(=O)/C(=C\c2cc3cncc(C#Cc4ccc(O)cc4)c3o2)S1. The number of benzene rings is 1. The fourth-order valence-electron chi connectivity index (χ4n) is 2.38. The van der Waals surface area contributed by atoms with Gasteiger partial charge in [-0.05, 0) is 42.1 Å². The first-order valence-corrected chi connectivity index (χ1v) is 8.33. The maximum absolute atomic E-state index is 11.6. The number of fused-ring (bicyclic) bond motifs is 1. The number of thioether (sulfide) groups is 1. The van der Waals surface area contributed by atoms with Crippen LogP contribution in [0.2, 0.25) is 0 Å². The molecule has 0 radical (unpaired) electrons. The van der Waals surface area contributed by atoms with Gasteiger partial charge in [-0.25, -0.2) is 0 Å². The van der Waals surface area contributed by atoms with Crippen molar-refractivity contribution < 1.29 is 19.1 Å². The zero-order chi connectivity index (χ0) is 18.1. The summed E-state index contributed by atoms with van der Waals surface area (Å²) < 4.78 is 5.79. The van der Waals surface area contributed by atoms with Crippen molar-refractivity contribution in [3.63, 3.8) is 0 Å². The molecule has 126 valence electrons. The highest BCUT2D eigenvalue weighted by Crippen LogP contribution is 2.28. The highest BCUT2D eigenvalue weighted by Gasteiger charge is 2.25. The molecule has 0 atom stereocenters. The normalized spacial score (nSPS) is 15.2. The molecule has 26 heavy (non-hydrogen) atoms. The molecule has 3 heterocycles. The Morgan fingerprint density at radius 1 is 1.15 bits per heavy atom. The Hall–Kier alpha value is -3.50. The number of aromatic hydroxyl groups is 1. The van der Waals surface area contributed by atoms with Gasteiger partial charge in [-0.15, -0.1) is 0 Å². The Balaban J connectivity index is 1.70. The number of imide groups is 1. The van der Waals surface area contributed by atoms with Crippen LogP contribution in [0, 0.1) is 11.8 Å². The van der Waals surface area contributed by atoms with Crippen molar-refractivity contribution in [2.24, 2.45) is 0 Å². The Kier molecular flexibility index (Phi) is 3.95. The first kappa shape index (κ1) is 16.0. The summed E-state index contributed by atoms with van der Waals surface area (Å²) in [5.41, 5.74) is 1.89. The summed E-state index contributed by atoms with van der Waals surface area (Å²) in [4.78, 5) is 27.3. The van der Waals surface area contributed by atoms with Crippen molar-refractivity contribution in [3.8, 4) is 17.6 Å². The molecule has 6 nitrogen and oxygen atoms in total. The van der Waals surface area contributed by atoms with Crippen LogP contribution < -0.4 is 5.32 Å². The van der Waals surface area contributed by atoms with Gasteiger partial charge in [0, 0.05) is 29.4 Å². The number of aromatic nitrogens is 1. The molecule has 0 aliphatic carbocycles. The maximum Gasteiger partial charge on any atom is 0.290 e. The minimum Gasteiger partial charge on any atom is -0.508 e. The van der Waals surface area contributed by atoms with E-state index in [1.807, 2.05) is 0 Å². The first-order valence-electron chi connectivity index (χ1n) is 7.52. The molecule has 7 heteroatoms. The number of phenols is 1. The number of carbonyl (C=O) groups is 2. The number of furan rings is 1. The van der Waals surface area contributed by atoms with E-state index in [0.29, 0.717) is 16.9 Å². The number of nitrogens with zero attached hydrogens (tertiary/aromatic N) is 1. The van der Waals surface area contributed by atoms with Gasteiger partial charge in [0.2, 0.25) is 0 Å². The summed E-state index contributed by atoms with van der Waals surface area (Å²) >= 11 is 0.829. The number of carbonyl (C=O) groups excluding carboxylic acids is 2. The Bertz CT molecular complexity index is 1130. The third kappa shape index (κ3) is 3.18. The van der Waals surface area contributed by atoms with Gasteiger partial charge in [0.25, 0.3) is 11.1 Å². The number of pyridine rings is 1. The van der Waals surface area contributed by atoms with E-state index >= 15 is 0 Å². The number of rotatable bonds is 1. The number of nitrogens with one attached hydrogen (secondary N) is 1. The van der Waals surface area contributed by atoms with Crippen molar-refractivity contribution in [3.05, 3.63) is 64.5 Å². The molecule has 0 spiro atoms. The second kappa shape index (κ2) is 6.43. The van der Waals surface area contributed by atoms with Gasteiger partial charge in [0.1, 0.15) is 11.5 Å². The van der Waals surface area contributed by atoms with Crippen molar-refractivity contribution >= 4 is 40.0 Å². The summed E-state index contributed by atoms with van der Waals surface area (Å²) in [6, 6.07) is 8.27. The standard InChI is InChI=1S/C19H10N2O4S/c22-14-5-2-11(3-6-14)1-4-12-9-20-10-13-7-15(25-17(12)13)8-16-18(23)21-19(24)26-16/h2-3,5-10,22H,(H,21,23,24)/b16-8+. The van der Waals surface area contributed by atoms with Crippen LogP contribution in [-0.2, 0) is 4.79 Å². The molecule has 4 rings (SSSR count). The monoisotopic (exact) mass is 362 g/mol. The largest absolute Gasteiger partial charge is 0.508 e.